The summed E-state index contributed by atoms with van der Waals surface area (Å²) in [5.74, 6) is 0. The summed E-state index contributed by atoms with van der Waals surface area (Å²) in [5, 5.41) is 9.32. The molecule has 0 unspecified atom stereocenters. The molecule has 0 bridgehead atoms. The third-order valence-electron chi connectivity index (χ3n) is 9.65. The van der Waals surface area contributed by atoms with Crippen LogP contribution < -0.4 is 0 Å². The van der Waals surface area contributed by atoms with Crippen molar-refractivity contribution in [3.63, 3.8) is 0 Å². The summed E-state index contributed by atoms with van der Waals surface area (Å²) in [5.41, 5.74) is 11.9. The zero-order valence-corrected chi connectivity index (χ0v) is 26.7. The highest BCUT2D eigenvalue weighted by molar-refractivity contribution is 6.32. The number of fused-ring (bicyclic) bond motifs is 10. The van der Waals surface area contributed by atoms with Gasteiger partial charge in [-0.05, 0) is 94.9 Å². The van der Waals surface area contributed by atoms with Gasteiger partial charge in [0.25, 0.3) is 0 Å². The van der Waals surface area contributed by atoms with Crippen LogP contribution in [0.3, 0.4) is 0 Å². The van der Waals surface area contributed by atoms with Gasteiger partial charge < -0.3 is 4.57 Å². The molecule has 1 nitrogen and oxygen atoms in total. The number of benzene rings is 7. The van der Waals surface area contributed by atoms with E-state index in [4.69, 9.17) is 0 Å². The van der Waals surface area contributed by atoms with Crippen molar-refractivity contribution in [3.05, 3.63) is 167 Å². The van der Waals surface area contributed by atoms with Crippen LogP contribution in [0.5, 0.6) is 0 Å². The smallest absolute Gasteiger partial charge is 0.0622 e. The molecule has 0 aliphatic heterocycles. The Bertz CT molecular complexity index is 2440. The number of aromatic nitrogens is 1. The molecular weight excluding hydrogens is 555 g/mol. The summed E-state index contributed by atoms with van der Waals surface area (Å²) in [4.78, 5) is 0. The second-order valence-corrected chi connectivity index (χ2v) is 12.6. The second-order valence-electron chi connectivity index (χ2n) is 12.6. The molecule has 0 fully saturated rings. The summed E-state index contributed by atoms with van der Waals surface area (Å²) >= 11 is 0. The highest BCUT2D eigenvalue weighted by Gasteiger charge is 2.24. The van der Waals surface area contributed by atoms with Gasteiger partial charge in [-0.2, -0.15) is 0 Å². The standard InChI is InChI=1S/C38H29N.C7H8/c1-24-11-3-5-13-28(24)34-23-27(21-19-25(34)2)39-35-18-10-9-17-32(35)37-31-16-8-7-15-30(31)36-29-14-6-4-12-26(29)20-22-33(36)38(37)39;1-7-5-3-2-4-6-7/h3-9,11-17,19-23H,10,18H2,1-2H3;2-6H,1H3. The third kappa shape index (κ3) is 4.63. The van der Waals surface area contributed by atoms with Crippen LogP contribution in [0.1, 0.15) is 34.4 Å². The lowest BCUT2D eigenvalue weighted by Crippen LogP contribution is -2.04. The van der Waals surface area contributed by atoms with Crippen LogP contribution in [-0.2, 0) is 6.42 Å². The van der Waals surface area contributed by atoms with E-state index >= 15 is 0 Å². The van der Waals surface area contributed by atoms with Crippen LogP contribution in [0.2, 0.25) is 0 Å². The summed E-state index contributed by atoms with van der Waals surface area (Å²) in [6.07, 6.45) is 6.82. The van der Waals surface area contributed by atoms with E-state index < -0.39 is 0 Å². The molecule has 222 valence electrons. The van der Waals surface area contributed by atoms with Gasteiger partial charge in [-0.1, -0.05) is 139 Å². The predicted molar refractivity (Wildman–Crippen MR) is 199 cm³/mol. The van der Waals surface area contributed by atoms with E-state index in [0.29, 0.717) is 0 Å². The van der Waals surface area contributed by atoms with Crippen molar-refractivity contribution in [2.24, 2.45) is 0 Å². The SMILES string of the molecule is Cc1ccccc1.Cc1ccccc1-c1cc(-n2c3c(c4c5ccccc5c5c6ccccc6ccc5c42)C=CCC3)ccc1C. The maximum absolute atomic E-state index is 2.58. The number of aryl methyl sites for hydroxylation is 3. The lowest BCUT2D eigenvalue weighted by atomic mass is 9.92. The molecule has 1 heterocycles. The molecule has 0 saturated carbocycles. The van der Waals surface area contributed by atoms with Gasteiger partial charge in [-0.3, -0.25) is 0 Å². The zero-order valence-electron chi connectivity index (χ0n) is 26.7. The topological polar surface area (TPSA) is 4.93 Å². The molecule has 7 aromatic carbocycles. The van der Waals surface area contributed by atoms with Crippen molar-refractivity contribution >= 4 is 49.3 Å². The minimum atomic E-state index is 1.04. The van der Waals surface area contributed by atoms with Crippen molar-refractivity contribution in [1.29, 1.82) is 0 Å². The Balaban J connectivity index is 0.000000398. The lowest BCUT2D eigenvalue weighted by Gasteiger charge is -2.18. The molecule has 8 aromatic rings. The van der Waals surface area contributed by atoms with Crippen LogP contribution in [0.15, 0.2) is 140 Å². The first-order chi connectivity index (χ1) is 22.6. The molecule has 1 aromatic heterocycles. The van der Waals surface area contributed by atoms with E-state index in [1.54, 1.807) is 0 Å². The fourth-order valence-corrected chi connectivity index (χ4v) is 7.43. The van der Waals surface area contributed by atoms with Crippen molar-refractivity contribution in [2.75, 3.05) is 0 Å². The Labute approximate surface area is 271 Å². The molecule has 0 atom stereocenters. The molecule has 0 spiro atoms. The Kier molecular flexibility index (Phi) is 7.03. The zero-order chi connectivity index (χ0) is 31.2. The quantitative estimate of drug-likeness (QED) is 0.176. The van der Waals surface area contributed by atoms with Crippen molar-refractivity contribution < 1.29 is 0 Å². The van der Waals surface area contributed by atoms with Crippen molar-refractivity contribution in [3.8, 4) is 16.8 Å². The Hall–Kier alpha value is -5.40. The average molecular weight is 592 g/mol. The molecule has 46 heavy (non-hydrogen) atoms. The maximum Gasteiger partial charge on any atom is 0.0622 e. The number of nitrogens with zero attached hydrogens (tertiary/aromatic N) is 1. The predicted octanol–water partition coefficient (Wildman–Crippen LogP) is 12.3. The Morgan fingerprint density at radius 2 is 1.20 bits per heavy atom. The lowest BCUT2D eigenvalue weighted by molar-refractivity contribution is 0.889. The van der Waals surface area contributed by atoms with E-state index in [-0.39, 0.29) is 0 Å². The first-order valence-electron chi connectivity index (χ1n) is 16.3. The Morgan fingerprint density at radius 3 is 1.96 bits per heavy atom. The number of hydrogen-bond acceptors (Lipinski definition) is 0. The average Bonchev–Trinajstić information content (AvgIpc) is 3.45. The van der Waals surface area contributed by atoms with E-state index in [9.17, 15) is 0 Å². The minimum absolute atomic E-state index is 1.04. The maximum atomic E-state index is 2.58. The van der Waals surface area contributed by atoms with Gasteiger partial charge in [-0.25, -0.2) is 0 Å². The van der Waals surface area contributed by atoms with Gasteiger partial charge in [-0.15, -0.1) is 0 Å². The summed E-state index contributed by atoms with van der Waals surface area (Å²) in [6, 6.07) is 48.5. The van der Waals surface area contributed by atoms with Crippen LogP contribution in [0.25, 0.3) is 66.1 Å². The van der Waals surface area contributed by atoms with E-state index in [2.05, 4.69) is 153 Å². The molecule has 0 radical (unpaired) electrons. The fourth-order valence-electron chi connectivity index (χ4n) is 7.43. The number of rotatable bonds is 2. The van der Waals surface area contributed by atoms with Gasteiger partial charge in [0, 0.05) is 27.7 Å². The summed E-state index contributed by atoms with van der Waals surface area (Å²) < 4.78 is 2.58. The first kappa shape index (κ1) is 28.1. The molecule has 0 saturated heterocycles. The molecule has 1 heteroatoms. The van der Waals surface area contributed by atoms with Crippen LogP contribution in [-0.4, -0.2) is 4.57 Å². The summed E-state index contributed by atoms with van der Waals surface area (Å²) in [7, 11) is 0. The fraction of sp³-hybridized carbons (Fsp3) is 0.111. The minimum Gasteiger partial charge on any atom is -0.312 e. The van der Waals surface area contributed by atoms with Crippen LogP contribution >= 0.6 is 0 Å². The molecule has 0 N–H and O–H groups in total. The molecule has 1 aliphatic carbocycles. The summed E-state index contributed by atoms with van der Waals surface area (Å²) in [6.45, 7) is 6.52. The van der Waals surface area contributed by atoms with E-state index in [1.165, 1.54) is 88.0 Å². The highest BCUT2D eigenvalue weighted by Crippen LogP contribution is 2.45. The van der Waals surface area contributed by atoms with Gasteiger partial charge >= 0.3 is 0 Å². The Morgan fingerprint density at radius 1 is 0.522 bits per heavy atom. The van der Waals surface area contributed by atoms with Gasteiger partial charge in [0.15, 0.2) is 0 Å². The highest BCUT2D eigenvalue weighted by atomic mass is 15.0. The molecular formula is C45H37N. The third-order valence-corrected chi connectivity index (χ3v) is 9.65. The molecule has 1 aliphatic rings. The number of hydrogen-bond donors (Lipinski definition) is 0. The normalized spacial score (nSPS) is 12.4. The second kappa shape index (κ2) is 11.5. The van der Waals surface area contributed by atoms with Gasteiger partial charge in [0.2, 0.25) is 0 Å². The van der Waals surface area contributed by atoms with Crippen LogP contribution in [0, 0.1) is 20.8 Å². The van der Waals surface area contributed by atoms with E-state index in [1.807, 2.05) is 18.2 Å². The largest absolute Gasteiger partial charge is 0.312 e. The first-order valence-corrected chi connectivity index (χ1v) is 16.3. The van der Waals surface area contributed by atoms with E-state index in [0.717, 1.165) is 12.8 Å². The monoisotopic (exact) mass is 591 g/mol. The van der Waals surface area contributed by atoms with Gasteiger partial charge in [0.05, 0.1) is 5.52 Å². The number of allylic oxidation sites excluding steroid dienone is 1. The van der Waals surface area contributed by atoms with Crippen molar-refractivity contribution in [2.45, 2.75) is 33.6 Å². The van der Waals surface area contributed by atoms with Crippen LogP contribution in [0.4, 0.5) is 0 Å². The van der Waals surface area contributed by atoms with Gasteiger partial charge in [0.1, 0.15) is 0 Å². The molecule has 0 amide bonds. The molecule has 9 rings (SSSR count). The van der Waals surface area contributed by atoms with Crippen molar-refractivity contribution in [1.82, 2.24) is 4.57 Å².